The Balaban J connectivity index is 0.983. The van der Waals surface area contributed by atoms with Gasteiger partial charge in [0.2, 0.25) is 0 Å². The molecule has 50 heavy (non-hydrogen) atoms. The largest absolute Gasteiger partial charge is 0.316 e. The fourth-order valence-electron chi connectivity index (χ4n) is 8.14. The molecule has 0 radical (unpaired) electrons. The lowest BCUT2D eigenvalue weighted by Crippen LogP contribution is -1.97. The Hall–Kier alpha value is -6.78. The van der Waals surface area contributed by atoms with Gasteiger partial charge in [-0.1, -0.05) is 72.8 Å². The summed E-state index contributed by atoms with van der Waals surface area (Å²) < 4.78 is 9.33. The van der Waals surface area contributed by atoms with Crippen LogP contribution in [-0.2, 0) is 0 Å². The number of hydrogen-bond donors (Lipinski definition) is 0. The number of benzene rings is 7. The topological polar surface area (TPSA) is 19.7 Å². The third kappa shape index (κ3) is 3.87. The normalized spacial score (nSPS) is 12.0. The monoisotopic (exact) mass is 638 g/mol. The Morgan fingerprint density at radius 2 is 0.580 bits per heavy atom. The molecule has 7 aromatic carbocycles. The second-order valence-electron chi connectivity index (χ2n) is 13.1. The number of para-hydroxylation sites is 4. The van der Waals surface area contributed by atoms with E-state index < -0.39 is 0 Å². The Bertz CT molecular complexity index is 2760. The van der Waals surface area contributed by atoms with Crippen molar-refractivity contribution in [2.75, 3.05) is 0 Å². The average Bonchev–Trinajstić information content (AvgIpc) is 3.95. The lowest BCUT2D eigenvalue weighted by molar-refractivity contribution is 1.10. The van der Waals surface area contributed by atoms with Crippen LogP contribution in [0.1, 0.15) is 0 Å². The zero-order chi connectivity index (χ0) is 32.8. The Labute approximate surface area is 287 Å². The first-order chi connectivity index (χ1) is 24.8. The van der Waals surface area contributed by atoms with Crippen LogP contribution in [0.2, 0.25) is 0 Å². The third-order valence-electron chi connectivity index (χ3n) is 10.4. The summed E-state index contributed by atoms with van der Waals surface area (Å²) in [4.78, 5) is 0. The third-order valence-corrected chi connectivity index (χ3v) is 10.4. The minimum Gasteiger partial charge on any atom is -0.316 e. The second-order valence-corrected chi connectivity index (χ2v) is 13.1. The van der Waals surface area contributed by atoms with Crippen molar-refractivity contribution in [3.05, 3.63) is 182 Å². The first-order valence-electron chi connectivity index (χ1n) is 17.1. The molecule has 11 rings (SSSR count). The van der Waals surface area contributed by atoms with Gasteiger partial charge in [0.15, 0.2) is 0 Å². The molecular formula is C46H30N4. The van der Waals surface area contributed by atoms with Gasteiger partial charge in [-0.25, -0.2) is 0 Å². The van der Waals surface area contributed by atoms with E-state index in [1.54, 1.807) is 0 Å². The van der Waals surface area contributed by atoms with E-state index in [1.165, 1.54) is 65.4 Å². The van der Waals surface area contributed by atoms with Crippen molar-refractivity contribution in [2.24, 2.45) is 0 Å². The van der Waals surface area contributed by atoms with Crippen LogP contribution in [0, 0.1) is 0 Å². The molecule has 4 aromatic heterocycles. The first kappa shape index (κ1) is 27.2. The van der Waals surface area contributed by atoms with Gasteiger partial charge in [-0.05, 0) is 97.1 Å². The smallest absolute Gasteiger partial charge is 0.0549 e. The summed E-state index contributed by atoms with van der Waals surface area (Å²) in [6.07, 6.45) is 4.37. The van der Waals surface area contributed by atoms with Crippen molar-refractivity contribution in [3.8, 4) is 22.7 Å². The SMILES string of the molecule is c1ccc2c(c1)c1ccccc1n2-c1ccc(-n2ccc3cc4ccn(-c5ccc(-n6c7ccccc7c7ccccc76)cc5)c4cc32)cc1. The molecule has 0 spiro atoms. The summed E-state index contributed by atoms with van der Waals surface area (Å²) in [5.74, 6) is 0. The first-order valence-corrected chi connectivity index (χ1v) is 17.1. The van der Waals surface area contributed by atoms with Gasteiger partial charge >= 0.3 is 0 Å². The highest BCUT2D eigenvalue weighted by Crippen LogP contribution is 2.35. The van der Waals surface area contributed by atoms with E-state index in [2.05, 4.69) is 201 Å². The lowest BCUT2D eigenvalue weighted by atomic mass is 10.2. The van der Waals surface area contributed by atoms with Gasteiger partial charge < -0.3 is 18.3 Å². The number of aromatic nitrogens is 4. The zero-order valence-corrected chi connectivity index (χ0v) is 27.1. The molecule has 0 unspecified atom stereocenters. The Morgan fingerprint density at radius 3 is 0.940 bits per heavy atom. The van der Waals surface area contributed by atoms with Gasteiger partial charge in [-0.3, -0.25) is 0 Å². The van der Waals surface area contributed by atoms with Crippen LogP contribution >= 0.6 is 0 Å². The van der Waals surface area contributed by atoms with Gasteiger partial charge in [0.1, 0.15) is 0 Å². The number of fused-ring (bicyclic) bond motifs is 8. The van der Waals surface area contributed by atoms with Gasteiger partial charge in [0.25, 0.3) is 0 Å². The van der Waals surface area contributed by atoms with Crippen molar-refractivity contribution in [3.63, 3.8) is 0 Å². The quantitative estimate of drug-likeness (QED) is 0.183. The molecule has 4 heterocycles. The fraction of sp³-hybridized carbons (Fsp3) is 0. The highest BCUT2D eigenvalue weighted by Gasteiger charge is 2.14. The van der Waals surface area contributed by atoms with Gasteiger partial charge in [0.05, 0.1) is 33.1 Å². The molecular weight excluding hydrogens is 609 g/mol. The highest BCUT2D eigenvalue weighted by atomic mass is 15.0. The second kappa shape index (κ2) is 10.4. The van der Waals surface area contributed by atoms with Crippen LogP contribution in [-0.4, -0.2) is 18.3 Å². The van der Waals surface area contributed by atoms with E-state index in [-0.39, 0.29) is 0 Å². The van der Waals surface area contributed by atoms with Crippen molar-refractivity contribution in [1.82, 2.24) is 18.3 Å². The number of hydrogen-bond acceptors (Lipinski definition) is 0. The van der Waals surface area contributed by atoms with Crippen LogP contribution in [0.15, 0.2) is 182 Å². The summed E-state index contributed by atoms with van der Waals surface area (Å²) in [6, 6.07) is 61.6. The van der Waals surface area contributed by atoms with E-state index in [1.807, 2.05) is 0 Å². The molecule has 0 saturated carbocycles. The Morgan fingerprint density at radius 1 is 0.260 bits per heavy atom. The fourth-order valence-corrected chi connectivity index (χ4v) is 8.14. The molecule has 0 aliphatic rings. The predicted octanol–water partition coefficient (Wildman–Crippen LogP) is 11.8. The maximum absolute atomic E-state index is 2.37. The van der Waals surface area contributed by atoms with Crippen molar-refractivity contribution in [2.45, 2.75) is 0 Å². The maximum Gasteiger partial charge on any atom is 0.0549 e. The Kier molecular flexibility index (Phi) is 5.63. The van der Waals surface area contributed by atoms with Crippen LogP contribution in [0.5, 0.6) is 0 Å². The van der Waals surface area contributed by atoms with Gasteiger partial charge in [-0.2, -0.15) is 0 Å². The molecule has 0 amide bonds. The molecule has 4 heteroatoms. The molecule has 0 aliphatic heterocycles. The summed E-state index contributed by atoms with van der Waals surface area (Å²) in [7, 11) is 0. The zero-order valence-electron chi connectivity index (χ0n) is 27.1. The summed E-state index contributed by atoms with van der Waals surface area (Å²) >= 11 is 0. The van der Waals surface area contributed by atoms with Crippen molar-refractivity contribution < 1.29 is 0 Å². The molecule has 0 fully saturated rings. The van der Waals surface area contributed by atoms with E-state index >= 15 is 0 Å². The maximum atomic E-state index is 2.37. The van der Waals surface area contributed by atoms with Gasteiger partial charge in [-0.15, -0.1) is 0 Å². The molecule has 11 aromatic rings. The van der Waals surface area contributed by atoms with Crippen LogP contribution in [0.25, 0.3) is 88.2 Å². The molecule has 234 valence electrons. The van der Waals surface area contributed by atoms with Crippen molar-refractivity contribution >= 4 is 65.4 Å². The van der Waals surface area contributed by atoms with Crippen LogP contribution in [0.4, 0.5) is 0 Å². The molecule has 0 saturated heterocycles. The van der Waals surface area contributed by atoms with Crippen LogP contribution in [0.3, 0.4) is 0 Å². The number of nitrogens with zero attached hydrogens (tertiary/aromatic N) is 4. The van der Waals surface area contributed by atoms with Crippen LogP contribution < -0.4 is 0 Å². The average molecular weight is 639 g/mol. The molecule has 0 bridgehead atoms. The lowest BCUT2D eigenvalue weighted by Gasteiger charge is -2.12. The van der Waals surface area contributed by atoms with E-state index in [9.17, 15) is 0 Å². The molecule has 0 aliphatic carbocycles. The molecule has 0 atom stereocenters. The molecule has 0 N–H and O–H groups in total. The van der Waals surface area contributed by atoms with E-state index in [0.29, 0.717) is 0 Å². The highest BCUT2D eigenvalue weighted by molar-refractivity contribution is 6.10. The predicted molar refractivity (Wildman–Crippen MR) is 209 cm³/mol. The minimum atomic E-state index is 1.14. The van der Waals surface area contributed by atoms with E-state index in [4.69, 9.17) is 0 Å². The summed E-state index contributed by atoms with van der Waals surface area (Å²) in [5, 5.41) is 7.55. The molecule has 4 nitrogen and oxygen atoms in total. The minimum absolute atomic E-state index is 1.14. The summed E-state index contributed by atoms with van der Waals surface area (Å²) in [6.45, 7) is 0. The van der Waals surface area contributed by atoms with E-state index in [0.717, 1.165) is 22.7 Å². The standard InChI is InChI=1S/C46H30N4/c1-5-13-41-37(9-1)38-10-2-6-14-42(38)49(41)35-21-17-33(18-22-35)47-27-25-31-29-32-26-28-48(46(32)30-45(31)47)34-19-23-36(24-20-34)50-43-15-7-3-11-39(43)40-12-4-8-16-44(40)50/h1-30H. The number of rotatable bonds is 4. The van der Waals surface area contributed by atoms with Gasteiger partial charge in [0, 0.05) is 67.5 Å². The summed E-state index contributed by atoms with van der Waals surface area (Å²) in [5.41, 5.74) is 11.8. The van der Waals surface area contributed by atoms with Crippen molar-refractivity contribution in [1.29, 1.82) is 0 Å².